The number of anilines is 1. The van der Waals surface area contributed by atoms with Crippen molar-refractivity contribution in [2.24, 2.45) is 0 Å². The Morgan fingerprint density at radius 2 is 1.76 bits per heavy atom. The average molecular weight is 332 g/mol. The summed E-state index contributed by atoms with van der Waals surface area (Å²) in [4.78, 5) is 22.9. The minimum atomic E-state index is -0.445. The molecule has 0 spiro atoms. The van der Waals surface area contributed by atoms with E-state index in [4.69, 9.17) is 4.42 Å². The Morgan fingerprint density at radius 3 is 2.52 bits per heavy atom. The number of nitrogens with one attached hydrogen (secondary N) is 1. The van der Waals surface area contributed by atoms with Gasteiger partial charge in [0.15, 0.2) is 5.58 Å². The quantitative estimate of drug-likeness (QED) is 0.433. The first-order valence-corrected chi connectivity index (χ1v) is 7.59. The molecule has 1 aromatic heterocycles. The number of amides is 1. The predicted octanol–water partition coefficient (Wildman–Crippen LogP) is 4.75. The first-order chi connectivity index (χ1) is 12.1. The van der Waals surface area contributed by atoms with Crippen LogP contribution in [0.2, 0.25) is 0 Å². The number of rotatable bonds is 3. The van der Waals surface area contributed by atoms with Crippen LogP contribution in [0.25, 0.3) is 21.9 Å². The van der Waals surface area contributed by atoms with E-state index in [2.05, 4.69) is 5.32 Å². The van der Waals surface area contributed by atoms with Gasteiger partial charge in [-0.15, -0.1) is 0 Å². The SMILES string of the molecule is O=C(Nc1cccc2c1oc1ccc([N+](=O)[O-])cc12)c1ccccc1. The normalized spacial score (nSPS) is 10.9. The molecule has 3 aromatic carbocycles. The molecular formula is C19H12N2O4. The maximum atomic E-state index is 12.4. The number of non-ortho nitro benzene ring substituents is 1. The molecule has 1 heterocycles. The van der Waals surface area contributed by atoms with Crippen molar-refractivity contribution >= 4 is 39.2 Å². The van der Waals surface area contributed by atoms with Crippen LogP contribution in [0.3, 0.4) is 0 Å². The molecule has 4 aromatic rings. The lowest BCUT2D eigenvalue weighted by molar-refractivity contribution is -0.384. The largest absolute Gasteiger partial charge is 0.454 e. The first-order valence-electron chi connectivity index (χ1n) is 7.59. The third-order valence-corrected chi connectivity index (χ3v) is 3.98. The number of carbonyl (C=O) groups excluding carboxylic acids is 1. The zero-order chi connectivity index (χ0) is 17.4. The fourth-order valence-electron chi connectivity index (χ4n) is 2.78. The van der Waals surface area contributed by atoms with Crippen molar-refractivity contribution in [2.45, 2.75) is 0 Å². The number of hydrogen-bond acceptors (Lipinski definition) is 4. The summed E-state index contributed by atoms with van der Waals surface area (Å²) in [5.74, 6) is -0.250. The van der Waals surface area contributed by atoms with Crippen LogP contribution in [0.5, 0.6) is 0 Å². The number of benzene rings is 3. The first kappa shape index (κ1) is 14.9. The van der Waals surface area contributed by atoms with Crippen LogP contribution in [-0.4, -0.2) is 10.8 Å². The fraction of sp³-hybridized carbons (Fsp3) is 0. The maximum absolute atomic E-state index is 12.4. The highest BCUT2D eigenvalue weighted by atomic mass is 16.6. The Labute approximate surface area is 141 Å². The van der Waals surface area contributed by atoms with Gasteiger partial charge in [0.05, 0.1) is 10.6 Å². The van der Waals surface area contributed by atoms with Gasteiger partial charge in [0.2, 0.25) is 0 Å². The molecule has 0 saturated carbocycles. The van der Waals surface area contributed by atoms with Crippen molar-refractivity contribution in [3.8, 4) is 0 Å². The average Bonchev–Trinajstić information content (AvgIpc) is 3.01. The zero-order valence-electron chi connectivity index (χ0n) is 12.9. The number of nitro benzene ring substituents is 1. The third-order valence-electron chi connectivity index (χ3n) is 3.98. The van der Waals surface area contributed by atoms with Crippen molar-refractivity contribution in [1.29, 1.82) is 0 Å². The maximum Gasteiger partial charge on any atom is 0.270 e. The van der Waals surface area contributed by atoms with Crippen LogP contribution in [0.15, 0.2) is 71.1 Å². The molecule has 0 atom stereocenters. The van der Waals surface area contributed by atoms with Crippen LogP contribution in [-0.2, 0) is 0 Å². The highest BCUT2D eigenvalue weighted by Crippen LogP contribution is 2.35. The van der Waals surface area contributed by atoms with Crippen LogP contribution in [0.4, 0.5) is 11.4 Å². The number of furan rings is 1. The van der Waals surface area contributed by atoms with Gasteiger partial charge in [0, 0.05) is 28.5 Å². The van der Waals surface area contributed by atoms with Crippen LogP contribution < -0.4 is 5.32 Å². The second kappa shape index (κ2) is 5.76. The molecule has 0 unspecified atom stereocenters. The monoisotopic (exact) mass is 332 g/mol. The van der Waals surface area contributed by atoms with Crippen molar-refractivity contribution in [3.05, 3.63) is 82.4 Å². The van der Waals surface area contributed by atoms with Gasteiger partial charge in [-0.3, -0.25) is 14.9 Å². The number of fused-ring (bicyclic) bond motifs is 3. The lowest BCUT2D eigenvalue weighted by atomic mass is 10.1. The molecule has 1 amide bonds. The molecule has 0 aliphatic heterocycles. The van der Waals surface area contributed by atoms with Gasteiger partial charge >= 0.3 is 0 Å². The van der Waals surface area contributed by atoms with Gasteiger partial charge in [-0.25, -0.2) is 0 Å². The second-order valence-corrected chi connectivity index (χ2v) is 5.54. The molecule has 1 N–H and O–H groups in total. The van der Waals surface area contributed by atoms with E-state index in [1.807, 2.05) is 12.1 Å². The Balaban J connectivity index is 1.81. The molecule has 0 radical (unpaired) electrons. The van der Waals surface area contributed by atoms with Crippen molar-refractivity contribution in [1.82, 2.24) is 0 Å². The number of hydrogen-bond donors (Lipinski definition) is 1. The third kappa shape index (κ3) is 2.59. The Bertz CT molecular complexity index is 1120. The highest BCUT2D eigenvalue weighted by molar-refractivity contribution is 6.13. The van der Waals surface area contributed by atoms with E-state index in [0.717, 1.165) is 0 Å². The molecule has 122 valence electrons. The van der Waals surface area contributed by atoms with Crippen LogP contribution in [0, 0.1) is 10.1 Å². The summed E-state index contributed by atoms with van der Waals surface area (Å²) in [6, 6.07) is 18.6. The van der Waals surface area contributed by atoms with E-state index >= 15 is 0 Å². The summed E-state index contributed by atoms with van der Waals surface area (Å²) in [6.45, 7) is 0. The smallest absolute Gasteiger partial charge is 0.270 e. The number of nitro groups is 1. The Morgan fingerprint density at radius 1 is 0.960 bits per heavy atom. The molecule has 0 fully saturated rings. The van der Waals surface area contributed by atoms with Gasteiger partial charge in [0.25, 0.3) is 11.6 Å². The Hall–Kier alpha value is -3.67. The van der Waals surface area contributed by atoms with Gasteiger partial charge in [-0.1, -0.05) is 30.3 Å². The number of para-hydroxylation sites is 1. The molecule has 0 bridgehead atoms. The van der Waals surface area contributed by atoms with E-state index in [9.17, 15) is 14.9 Å². The topological polar surface area (TPSA) is 85.4 Å². The van der Waals surface area contributed by atoms with Gasteiger partial charge < -0.3 is 9.73 Å². The molecule has 6 heteroatoms. The molecule has 0 aliphatic carbocycles. The molecule has 6 nitrogen and oxygen atoms in total. The van der Waals surface area contributed by atoms with Crippen molar-refractivity contribution < 1.29 is 14.1 Å². The summed E-state index contributed by atoms with van der Waals surface area (Å²) >= 11 is 0. The molecular weight excluding hydrogens is 320 g/mol. The van der Waals surface area contributed by atoms with Gasteiger partial charge in [0.1, 0.15) is 5.58 Å². The van der Waals surface area contributed by atoms with E-state index in [0.29, 0.717) is 33.2 Å². The van der Waals surface area contributed by atoms with Gasteiger partial charge in [-0.2, -0.15) is 0 Å². The second-order valence-electron chi connectivity index (χ2n) is 5.54. The highest BCUT2D eigenvalue weighted by Gasteiger charge is 2.16. The van der Waals surface area contributed by atoms with E-state index < -0.39 is 4.92 Å². The summed E-state index contributed by atoms with van der Waals surface area (Å²) < 4.78 is 5.82. The Kier molecular flexibility index (Phi) is 3.43. The lowest BCUT2D eigenvalue weighted by Gasteiger charge is -2.05. The summed E-state index contributed by atoms with van der Waals surface area (Å²) in [6.07, 6.45) is 0. The fourth-order valence-corrected chi connectivity index (χ4v) is 2.78. The van der Waals surface area contributed by atoms with Crippen molar-refractivity contribution in [3.63, 3.8) is 0 Å². The van der Waals surface area contributed by atoms with Crippen LogP contribution in [0.1, 0.15) is 10.4 Å². The zero-order valence-corrected chi connectivity index (χ0v) is 12.9. The van der Waals surface area contributed by atoms with E-state index in [-0.39, 0.29) is 11.6 Å². The minimum absolute atomic E-state index is 0.00563. The van der Waals surface area contributed by atoms with E-state index in [1.165, 1.54) is 12.1 Å². The predicted molar refractivity (Wildman–Crippen MR) is 94.8 cm³/mol. The standard InChI is InChI=1S/C19H12N2O4/c22-19(12-5-2-1-3-6-12)20-16-8-4-7-14-15-11-13(21(23)24)9-10-17(15)25-18(14)16/h1-11H,(H,20,22). The molecule has 25 heavy (non-hydrogen) atoms. The number of carbonyl (C=O) groups is 1. The lowest BCUT2D eigenvalue weighted by Crippen LogP contribution is -2.11. The summed E-state index contributed by atoms with van der Waals surface area (Å²) in [5.41, 5.74) is 2.06. The minimum Gasteiger partial charge on any atom is -0.454 e. The van der Waals surface area contributed by atoms with Crippen molar-refractivity contribution in [2.75, 3.05) is 5.32 Å². The summed E-state index contributed by atoms with van der Waals surface area (Å²) in [7, 11) is 0. The van der Waals surface area contributed by atoms with E-state index in [1.54, 1.807) is 42.5 Å². The van der Waals surface area contributed by atoms with Crippen LogP contribution >= 0.6 is 0 Å². The summed E-state index contributed by atoms with van der Waals surface area (Å²) in [5, 5.41) is 15.2. The molecule has 0 saturated heterocycles. The number of nitrogens with zero attached hydrogens (tertiary/aromatic N) is 1. The molecule has 0 aliphatic rings. The van der Waals surface area contributed by atoms with Gasteiger partial charge in [-0.05, 0) is 24.3 Å². The molecule has 4 rings (SSSR count).